The second-order valence-corrected chi connectivity index (χ2v) is 6.75. The number of thiophene rings is 1. The minimum atomic E-state index is -1.14. The lowest BCUT2D eigenvalue weighted by Crippen LogP contribution is -2.22. The predicted molar refractivity (Wildman–Crippen MR) is 106 cm³/mol. The van der Waals surface area contributed by atoms with Crippen molar-refractivity contribution in [1.82, 2.24) is 0 Å². The maximum absolute atomic E-state index is 12.8. The first-order valence-corrected chi connectivity index (χ1v) is 9.21. The van der Waals surface area contributed by atoms with Crippen molar-refractivity contribution in [3.8, 4) is 0 Å². The standard InChI is InChI=1S/C22H18O4S/c1-26-22(25)20(19(21(23)24)16-11-6-3-7-12-16)18(17-13-8-14-27-17)15-9-4-2-5-10-15/h2-14,19H,1H3,(H,23,24)/b20-18+. The molecular weight excluding hydrogens is 360 g/mol. The van der Waals surface area contributed by atoms with E-state index in [-0.39, 0.29) is 5.57 Å². The molecule has 136 valence electrons. The maximum Gasteiger partial charge on any atom is 0.335 e. The van der Waals surface area contributed by atoms with Gasteiger partial charge in [-0.25, -0.2) is 4.79 Å². The minimum absolute atomic E-state index is 0.116. The highest BCUT2D eigenvalue weighted by Crippen LogP contribution is 2.37. The Kier molecular flexibility index (Phi) is 5.84. The second kappa shape index (κ2) is 8.47. The summed E-state index contributed by atoms with van der Waals surface area (Å²) in [7, 11) is 1.27. The Morgan fingerprint density at radius 3 is 2.07 bits per heavy atom. The lowest BCUT2D eigenvalue weighted by atomic mass is 9.85. The van der Waals surface area contributed by atoms with E-state index in [1.54, 1.807) is 30.3 Å². The van der Waals surface area contributed by atoms with Crippen molar-refractivity contribution < 1.29 is 19.4 Å². The number of methoxy groups -OCH3 is 1. The van der Waals surface area contributed by atoms with Gasteiger partial charge in [-0.3, -0.25) is 4.79 Å². The normalized spacial score (nSPS) is 12.8. The van der Waals surface area contributed by atoms with Crippen molar-refractivity contribution in [2.24, 2.45) is 0 Å². The van der Waals surface area contributed by atoms with E-state index in [1.165, 1.54) is 18.4 Å². The largest absolute Gasteiger partial charge is 0.481 e. The Hall–Kier alpha value is -3.18. The Morgan fingerprint density at radius 1 is 0.926 bits per heavy atom. The van der Waals surface area contributed by atoms with E-state index >= 15 is 0 Å². The Labute approximate surface area is 161 Å². The zero-order valence-corrected chi connectivity index (χ0v) is 15.5. The molecule has 1 heterocycles. The number of aliphatic carboxylic acids is 1. The van der Waals surface area contributed by atoms with Crippen LogP contribution in [-0.2, 0) is 14.3 Å². The van der Waals surface area contributed by atoms with Gasteiger partial charge in [0.2, 0.25) is 0 Å². The van der Waals surface area contributed by atoms with E-state index in [2.05, 4.69) is 0 Å². The molecule has 0 aliphatic heterocycles. The molecule has 27 heavy (non-hydrogen) atoms. The van der Waals surface area contributed by atoms with Crippen LogP contribution in [0, 0.1) is 0 Å². The molecular formula is C22H18O4S. The number of ether oxygens (including phenoxy) is 1. The van der Waals surface area contributed by atoms with Crippen molar-refractivity contribution in [2.45, 2.75) is 5.92 Å². The molecule has 1 atom stereocenters. The van der Waals surface area contributed by atoms with Crippen LogP contribution >= 0.6 is 11.3 Å². The van der Waals surface area contributed by atoms with Gasteiger partial charge >= 0.3 is 11.9 Å². The SMILES string of the molecule is COC(=O)/C(=C(\c1ccccc1)c1cccs1)C(C(=O)O)c1ccccc1. The van der Waals surface area contributed by atoms with Gasteiger partial charge in [-0.05, 0) is 22.6 Å². The average Bonchev–Trinajstić information content (AvgIpc) is 3.22. The van der Waals surface area contributed by atoms with Crippen LogP contribution < -0.4 is 0 Å². The lowest BCUT2D eigenvalue weighted by Gasteiger charge is -2.20. The number of carboxylic acid groups (broad SMARTS) is 1. The monoisotopic (exact) mass is 378 g/mol. The summed E-state index contributed by atoms with van der Waals surface area (Å²) in [5, 5.41) is 11.9. The van der Waals surface area contributed by atoms with Crippen LogP contribution in [0.2, 0.25) is 0 Å². The van der Waals surface area contributed by atoms with E-state index in [9.17, 15) is 14.7 Å². The Morgan fingerprint density at radius 2 is 1.56 bits per heavy atom. The third kappa shape index (κ3) is 3.99. The molecule has 1 unspecified atom stereocenters. The zero-order valence-electron chi connectivity index (χ0n) is 14.7. The second-order valence-electron chi connectivity index (χ2n) is 5.81. The molecule has 0 aliphatic carbocycles. The number of carbonyl (C=O) groups excluding carboxylic acids is 1. The van der Waals surface area contributed by atoms with Gasteiger partial charge in [0.25, 0.3) is 0 Å². The summed E-state index contributed by atoms with van der Waals surface area (Å²) in [5.41, 5.74) is 1.98. The molecule has 0 bridgehead atoms. The van der Waals surface area contributed by atoms with Gasteiger partial charge in [-0.2, -0.15) is 0 Å². The van der Waals surface area contributed by atoms with Crippen LogP contribution in [0.15, 0.2) is 83.7 Å². The van der Waals surface area contributed by atoms with Crippen LogP contribution in [0.5, 0.6) is 0 Å². The molecule has 0 saturated heterocycles. The first-order valence-electron chi connectivity index (χ1n) is 8.33. The van der Waals surface area contributed by atoms with Crippen molar-refractivity contribution in [3.05, 3.63) is 99.8 Å². The summed E-state index contributed by atoms with van der Waals surface area (Å²) >= 11 is 1.45. The Bertz CT molecular complexity index is 945. The van der Waals surface area contributed by atoms with E-state index < -0.39 is 17.9 Å². The molecule has 2 aromatic carbocycles. The first kappa shape index (κ1) is 18.6. The maximum atomic E-state index is 12.8. The number of hydrogen-bond acceptors (Lipinski definition) is 4. The van der Waals surface area contributed by atoms with Crippen molar-refractivity contribution in [1.29, 1.82) is 0 Å². The molecule has 3 rings (SSSR count). The van der Waals surface area contributed by atoms with Crippen LogP contribution in [0.1, 0.15) is 21.9 Å². The molecule has 1 aromatic heterocycles. The number of carbonyl (C=O) groups is 2. The molecule has 0 spiro atoms. The Balaban J connectivity index is 2.36. The molecule has 0 radical (unpaired) electrons. The third-order valence-electron chi connectivity index (χ3n) is 4.17. The summed E-state index contributed by atoms with van der Waals surface area (Å²) in [6.07, 6.45) is 0. The molecule has 1 N–H and O–H groups in total. The summed E-state index contributed by atoms with van der Waals surface area (Å²) in [4.78, 5) is 25.8. The summed E-state index contributed by atoms with van der Waals surface area (Å²) in [6.45, 7) is 0. The number of rotatable bonds is 6. The number of benzene rings is 2. The van der Waals surface area contributed by atoms with E-state index in [0.717, 1.165) is 10.4 Å². The number of carboxylic acids is 1. The van der Waals surface area contributed by atoms with Gasteiger partial charge in [-0.1, -0.05) is 66.7 Å². The van der Waals surface area contributed by atoms with Crippen LogP contribution in [0.3, 0.4) is 0 Å². The van der Waals surface area contributed by atoms with Gasteiger partial charge in [0.05, 0.1) is 12.7 Å². The summed E-state index contributed by atoms with van der Waals surface area (Å²) in [5.74, 6) is -2.90. The fraction of sp³-hybridized carbons (Fsp3) is 0.0909. The zero-order chi connectivity index (χ0) is 19.2. The van der Waals surface area contributed by atoms with Crippen molar-refractivity contribution >= 4 is 28.8 Å². The molecule has 0 saturated carbocycles. The molecule has 5 heteroatoms. The minimum Gasteiger partial charge on any atom is -0.481 e. The smallest absolute Gasteiger partial charge is 0.335 e. The predicted octanol–water partition coefficient (Wildman–Crippen LogP) is 4.59. The van der Waals surface area contributed by atoms with E-state index in [0.29, 0.717) is 11.1 Å². The van der Waals surface area contributed by atoms with E-state index in [4.69, 9.17) is 4.74 Å². The van der Waals surface area contributed by atoms with Gasteiger partial charge in [-0.15, -0.1) is 11.3 Å². The fourth-order valence-electron chi connectivity index (χ4n) is 3.01. The highest BCUT2D eigenvalue weighted by atomic mass is 32.1. The molecule has 4 nitrogen and oxygen atoms in total. The first-order chi connectivity index (χ1) is 13.1. The summed E-state index contributed by atoms with van der Waals surface area (Å²) < 4.78 is 5.01. The molecule has 0 aliphatic rings. The molecule has 3 aromatic rings. The third-order valence-corrected chi connectivity index (χ3v) is 5.06. The average molecular weight is 378 g/mol. The number of hydrogen-bond donors (Lipinski definition) is 1. The topological polar surface area (TPSA) is 63.6 Å². The fourth-order valence-corrected chi connectivity index (χ4v) is 3.82. The van der Waals surface area contributed by atoms with Crippen molar-refractivity contribution in [2.75, 3.05) is 7.11 Å². The van der Waals surface area contributed by atoms with Gasteiger partial charge in [0, 0.05) is 10.5 Å². The van der Waals surface area contributed by atoms with Crippen LogP contribution in [0.4, 0.5) is 0 Å². The molecule has 0 fully saturated rings. The van der Waals surface area contributed by atoms with Gasteiger partial charge < -0.3 is 9.84 Å². The summed E-state index contributed by atoms with van der Waals surface area (Å²) in [6, 6.07) is 21.8. The van der Waals surface area contributed by atoms with Crippen LogP contribution in [0.25, 0.3) is 5.57 Å². The number of esters is 1. The lowest BCUT2D eigenvalue weighted by molar-refractivity contribution is -0.142. The quantitative estimate of drug-likeness (QED) is 0.503. The highest BCUT2D eigenvalue weighted by molar-refractivity contribution is 7.11. The van der Waals surface area contributed by atoms with Crippen LogP contribution in [-0.4, -0.2) is 24.2 Å². The highest BCUT2D eigenvalue weighted by Gasteiger charge is 2.34. The molecule has 0 amide bonds. The van der Waals surface area contributed by atoms with Gasteiger partial charge in [0.15, 0.2) is 0 Å². The van der Waals surface area contributed by atoms with Gasteiger partial charge in [0.1, 0.15) is 5.92 Å². The van der Waals surface area contributed by atoms with Crippen molar-refractivity contribution in [3.63, 3.8) is 0 Å². The van der Waals surface area contributed by atoms with E-state index in [1.807, 2.05) is 47.8 Å².